The van der Waals surface area contributed by atoms with Gasteiger partial charge in [0.15, 0.2) is 0 Å². The maximum absolute atomic E-state index is 4.62. The summed E-state index contributed by atoms with van der Waals surface area (Å²) in [6.45, 7) is 8.57. The average Bonchev–Trinajstić information content (AvgIpc) is 2.55. The first-order chi connectivity index (χ1) is 8.02. The minimum Gasteiger partial charge on any atom is -0.314 e. The molecule has 1 atom stereocenters. The molecule has 0 bridgehead atoms. The van der Waals surface area contributed by atoms with Crippen molar-refractivity contribution in [3.63, 3.8) is 0 Å². The lowest BCUT2D eigenvalue weighted by molar-refractivity contribution is 0.358. The summed E-state index contributed by atoms with van der Waals surface area (Å²) < 4.78 is 0. The Morgan fingerprint density at radius 1 is 1.35 bits per heavy atom. The van der Waals surface area contributed by atoms with Gasteiger partial charge in [0, 0.05) is 17.3 Å². The number of likely N-dealkylation sites (N-methyl/N-ethyl adjacent to an activating group) is 1. The minimum absolute atomic E-state index is 0.548. The van der Waals surface area contributed by atoms with Crippen molar-refractivity contribution in [2.24, 2.45) is 0 Å². The molecule has 98 valence electrons. The van der Waals surface area contributed by atoms with Gasteiger partial charge < -0.3 is 10.2 Å². The van der Waals surface area contributed by atoms with Gasteiger partial charge in [-0.1, -0.05) is 6.92 Å². The zero-order valence-electron chi connectivity index (χ0n) is 11.7. The standard InChI is InChI=1S/C13H25N3S/c1-6-14-12(7-8-16(4)5)9-13-15-10(2)11(3)17-13/h12,14H,6-9H2,1-5H3. The largest absolute Gasteiger partial charge is 0.314 e. The number of hydrogen-bond acceptors (Lipinski definition) is 4. The van der Waals surface area contributed by atoms with E-state index in [0.717, 1.165) is 19.5 Å². The van der Waals surface area contributed by atoms with Gasteiger partial charge in [-0.25, -0.2) is 4.98 Å². The Hall–Kier alpha value is -0.450. The number of rotatable bonds is 7. The number of thiazole rings is 1. The van der Waals surface area contributed by atoms with E-state index in [0.29, 0.717) is 6.04 Å². The zero-order valence-corrected chi connectivity index (χ0v) is 12.5. The average molecular weight is 255 g/mol. The highest BCUT2D eigenvalue weighted by Crippen LogP contribution is 2.18. The molecule has 0 aliphatic heterocycles. The smallest absolute Gasteiger partial charge is 0.0946 e. The molecule has 0 aliphatic carbocycles. The van der Waals surface area contributed by atoms with Gasteiger partial charge in [-0.15, -0.1) is 11.3 Å². The highest BCUT2D eigenvalue weighted by molar-refractivity contribution is 7.11. The Balaban J connectivity index is 2.53. The fraction of sp³-hybridized carbons (Fsp3) is 0.769. The van der Waals surface area contributed by atoms with Gasteiger partial charge in [0.2, 0.25) is 0 Å². The van der Waals surface area contributed by atoms with E-state index in [1.54, 1.807) is 0 Å². The second kappa shape index (κ2) is 7.09. The summed E-state index contributed by atoms with van der Waals surface area (Å²) >= 11 is 1.84. The Bertz CT molecular complexity index is 314. The van der Waals surface area contributed by atoms with Crippen molar-refractivity contribution in [3.8, 4) is 0 Å². The molecule has 0 spiro atoms. The Morgan fingerprint density at radius 2 is 2.06 bits per heavy atom. The number of aryl methyl sites for hydroxylation is 2. The molecule has 0 saturated heterocycles. The minimum atomic E-state index is 0.548. The SMILES string of the molecule is CCNC(CCN(C)C)Cc1nc(C)c(C)s1. The number of nitrogens with zero attached hydrogens (tertiary/aromatic N) is 2. The summed E-state index contributed by atoms with van der Waals surface area (Å²) in [4.78, 5) is 8.21. The van der Waals surface area contributed by atoms with Gasteiger partial charge in [-0.2, -0.15) is 0 Å². The Kier molecular flexibility index (Phi) is 6.09. The lowest BCUT2D eigenvalue weighted by Gasteiger charge is -2.19. The number of nitrogens with one attached hydrogen (secondary N) is 1. The van der Waals surface area contributed by atoms with Crippen LogP contribution in [0.2, 0.25) is 0 Å². The highest BCUT2D eigenvalue weighted by atomic mass is 32.1. The van der Waals surface area contributed by atoms with Gasteiger partial charge >= 0.3 is 0 Å². The predicted octanol–water partition coefficient (Wildman–Crippen LogP) is 2.23. The molecule has 0 aromatic carbocycles. The van der Waals surface area contributed by atoms with Gasteiger partial charge in [-0.3, -0.25) is 0 Å². The van der Waals surface area contributed by atoms with Gasteiger partial charge in [-0.05, 0) is 47.5 Å². The maximum Gasteiger partial charge on any atom is 0.0946 e. The fourth-order valence-electron chi connectivity index (χ4n) is 1.82. The van der Waals surface area contributed by atoms with Crippen LogP contribution < -0.4 is 5.32 Å². The third kappa shape index (κ3) is 5.15. The first-order valence-electron chi connectivity index (χ1n) is 6.34. The molecule has 0 saturated carbocycles. The topological polar surface area (TPSA) is 28.2 Å². The van der Waals surface area contributed by atoms with Crippen LogP contribution in [0.5, 0.6) is 0 Å². The highest BCUT2D eigenvalue weighted by Gasteiger charge is 2.12. The van der Waals surface area contributed by atoms with Crippen molar-refractivity contribution in [1.82, 2.24) is 15.2 Å². The molecular formula is C13H25N3S. The lowest BCUT2D eigenvalue weighted by Crippen LogP contribution is -2.34. The van der Waals surface area contributed by atoms with Crippen molar-refractivity contribution >= 4 is 11.3 Å². The van der Waals surface area contributed by atoms with E-state index in [9.17, 15) is 0 Å². The van der Waals surface area contributed by atoms with Crippen molar-refractivity contribution in [3.05, 3.63) is 15.6 Å². The Morgan fingerprint density at radius 3 is 2.53 bits per heavy atom. The van der Waals surface area contributed by atoms with E-state index in [1.165, 1.54) is 22.0 Å². The van der Waals surface area contributed by atoms with Crippen molar-refractivity contribution in [2.45, 2.75) is 39.7 Å². The molecule has 0 aliphatic rings. The molecule has 17 heavy (non-hydrogen) atoms. The van der Waals surface area contributed by atoms with Crippen LogP contribution in [0.25, 0.3) is 0 Å². The van der Waals surface area contributed by atoms with Crippen molar-refractivity contribution in [2.75, 3.05) is 27.2 Å². The summed E-state index contributed by atoms with van der Waals surface area (Å²) in [5, 5.41) is 4.82. The van der Waals surface area contributed by atoms with E-state index >= 15 is 0 Å². The van der Waals surface area contributed by atoms with Gasteiger partial charge in [0.05, 0.1) is 10.7 Å². The molecule has 0 amide bonds. The molecule has 1 N–H and O–H groups in total. The molecule has 3 nitrogen and oxygen atoms in total. The summed E-state index contributed by atoms with van der Waals surface area (Å²) in [7, 11) is 4.25. The second-order valence-electron chi connectivity index (χ2n) is 4.80. The Labute approximate surface area is 109 Å². The van der Waals surface area contributed by atoms with E-state index in [2.05, 4.69) is 50.1 Å². The number of aromatic nitrogens is 1. The third-order valence-corrected chi connectivity index (χ3v) is 4.01. The lowest BCUT2D eigenvalue weighted by atomic mass is 10.1. The van der Waals surface area contributed by atoms with E-state index in [1.807, 2.05) is 11.3 Å². The van der Waals surface area contributed by atoms with Crippen LogP contribution in [-0.2, 0) is 6.42 Å². The van der Waals surface area contributed by atoms with Crippen LogP contribution >= 0.6 is 11.3 Å². The van der Waals surface area contributed by atoms with Crippen LogP contribution in [0.3, 0.4) is 0 Å². The molecule has 0 fully saturated rings. The molecule has 1 aromatic rings. The first kappa shape index (κ1) is 14.6. The number of hydrogen-bond donors (Lipinski definition) is 1. The first-order valence-corrected chi connectivity index (χ1v) is 7.15. The van der Waals surface area contributed by atoms with Crippen molar-refractivity contribution in [1.29, 1.82) is 0 Å². The summed E-state index contributed by atoms with van der Waals surface area (Å²) in [5.41, 5.74) is 1.19. The molecule has 1 heterocycles. The molecule has 1 aromatic heterocycles. The van der Waals surface area contributed by atoms with E-state index in [4.69, 9.17) is 0 Å². The van der Waals surface area contributed by atoms with E-state index < -0.39 is 0 Å². The van der Waals surface area contributed by atoms with Gasteiger partial charge in [0.1, 0.15) is 0 Å². The van der Waals surface area contributed by atoms with Crippen LogP contribution in [0.15, 0.2) is 0 Å². The van der Waals surface area contributed by atoms with Crippen LogP contribution in [0, 0.1) is 13.8 Å². The normalized spacial score (nSPS) is 13.3. The zero-order chi connectivity index (χ0) is 12.8. The monoisotopic (exact) mass is 255 g/mol. The van der Waals surface area contributed by atoms with Gasteiger partial charge in [0.25, 0.3) is 0 Å². The quantitative estimate of drug-likeness (QED) is 0.810. The van der Waals surface area contributed by atoms with Crippen molar-refractivity contribution < 1.29 is 0 Å². The molecule has 4 heteroatoms. The van der Waals surface area contributed by atoms with Crippen LogP contribution in [0.1, 0.15) is 28.9 Å². The molecule has 1 rings (SSSR count). The van der Waals surface area contributed by atoms with E-state index in [-0.39, 0.29) is 0 Å². The molecular weight excluding hydrogens is 230 g/mol. The summed E-state index contributed by atoms with van der Waals surface area (Å²) in [5.74, 6) is 0. The maximum atomic E-state index is 4.62. The predicted molar refractivity (Wildman–Crippen MR) is 75.9 cm³/mol. The second-order valence-corrected chi connectivity index (χ2v) is 6.09. The summed E-state index contributed by atoms with van der Waals surface area (Å²) in [6, 6.07) is 0.548. The summed E-state index contributed by atoms with van der Waals surface area (Å²) in [6.07, 6.45) is 2.24. The molecule has 0 radical (unpaired) electrons. The van der Waals surface area contributed by atoms with Crippen LogP contribution in [-0.4, -0.2) is 43.1 Å². The third-order valence-electron chi connectivity index (χ3n) is 2.91. The molecule has 1 unspecified atom stereocenters. The van der Waals surface area contributed by atoms with Crippen LogP contribution in [0.4, 0.5) is 0 Å². The fourth-order valence-corrected chi connectivity index (χ4v) is 2.83.